The summed E-state index contributed by atoms with van der Waals surface area (Å²) in [4.78, 5) is 4.73. The van der Waals surface area contributed by atoms with Gasteiger partial charge in [-0.3, -0.25) is 10.8 Å². The Morgan fingerprint density at radius 1 is 0.679 bits per heavy atom. The Morgan fingerprint density at radius 2 is 1.00 bits per heavy atom. The zero-order valence-corrected chi connectivity index (χ0v) is 16.6. The summed E-state index contributed by atoms with van der Waals surface area (Å²) < 4.78 is 10.5. The fourth-order valence-electron chi connectivity index (χ4n) is 3.33. The van der Waals surface area contributed by atoms with Crippen molar-refractivity contribution in [2.75, 3.05) is 49.2 Å². The van der Waals surface area contributed by atoms with Crippen LogP contribution in [0.4, 0.5) is 11.4 Å². The maximum Gasteiger partial charge on any atom is 0.213 e. The lowest BCUT2D eigenvalue weighted by atomic mass is 10.1. The van der Waals surface area contributed by atoms with Crippen molar-refractivity contribution in [3.05, 3.63) is 59.7 Å². The first-order chi connectivity index (χ1) is 13.6. The molecule has 6 nitrogen and oxygen atoms in total. The largest absolute Gasteiger partial charge is 0.478 e. The molecule has 0 saturated carbocycles. The molecular formula is C22H28N4O2. The maximum absolute atomic E-state index is 7.87. The van der Waals surface area contributed by atoms with Gasteiger partial charge in [0.25, 0.3) is 0 Å². The van der Waals surface area contributed by atoms with Crippen LogP contribution in [-0.2, 0) is 9.47 Å². The Hall–Kier alpha value is -3.02. The zero-order valence-electron chi connectivity index (χ0n) is 16.6. The van der Waals surface area contributed by atoms with E-state index in [1.54, 1.807) is 0 Å². The van der Waals surface area contributed by atoms with E-state index in [9.17, 15) is 0 Å². The molecule has 28 heavy (non-hydrogen) atoms. The van der Waals surface area contributed by atoms with Gasteiger partial charge in [-0.1, -0.05) is 0 Å². The normalized spacial score (nSPS) is 13.9. The molecule has 6 heteroatoms. The average Bonchev–Trinajstić information content (AvgIpc) is 2.74. The van der Waals surface area contributed by atoms with E-state index in [0.717, 1.165) is 37.3 Å². The highest BCUT2D eigenvalue weighted by atomic mass is 16.5. The number of rotatable bonds is 6. The summed E-state index contributed by atoms with van der Waals surface area (Å²) in [6.07, 6.45) is 0. The smallest absolute Gasteiger partial charge is 0.213 e. The van der Waals surface area contributed by atoms with Crippen LogP contribution in [-0.4, -0.2) is 51.2 Å². The number of benzene rings is 2. The summed E-state index contributed by atoms with van der Waals surface area (Å²) in [5, 5.41) is 15.7. The summed E-state index contributed by atoms with van der Waals surface area (Å²) >= 11 is 0. The third-order valence-electron chi connectivity index (χ3n) is 4.85. The molecular weight excluding hydrogens is 352 g/mol. The van der Waals surface area contributed by atoms with Crippen LogP contribution in [0.3, 0.4) is 0 Å². The van der Waals surface area contributed by atoms with Crippen LogP contribution in [0.15, 0.2) is 48.5 Å². The van der Waals surface area contributed by atoms with Crippen molar-refractivity contribution in [1.82, 2.24) is 0 Å². The van der Waals surface area contributed by atoms with Gasteiger partial charge in [0.2, 0.25) is 11.8 Å². The van der Waals surface area contributed by atoms with Gasteiger partial charge in [0.05, 0.1) is 13.2 Å². The molecule has 148 valence electrons. The molecule has 2 aromatic rings. The highest BCUT2D eigenvalue weighted by Gasteiger charge is 2.18. The van der Waals surface area contributed by atoms with Crippen LogP contribution in [0.2, 0.25) is 0 Å². The molecule has 0 atom stereocenters. The highest BCUT2D eigenvalue weighted by molar-refractivity contribution is 5.92. The minimum Gasteiger partial charge on any atom is -0.478 e. The van der Waals surface area contributed by atoms with Gasteiger partial charge in [0.1, 0.15) is 0 Å². The van der Waals surface area contributed by atoms with Crippen molar-refractivity contribution in [2.45, 2.75) is 13.8 Å². The fourth-order valence-corrected chi connectivity index (χ4v) is 3.33. The summed E-state index contributed by atoms with van der Waals surface area (Å²) in [5.74, 6) is 0.444. The van der Waals surface area contributed by atoms with Crippen molar-refractivity contribution in [2.24, 2.45) is 0 Å². The lowest BCUT2D eigenvalue weighted by Gasteiger charge is -2.37. The SMILES string of the molecule is CCOC(=N)c1ccc(N2CCN(c3ccc(C(=N)OCC)cc3)CC2)cc1. The zero-order chi connectivity index (χ0) is 19.9. The van der Waals surface area contributed by atoms with Gasteiger partial charge in [-0.15, -0.1) is 0 Å². The molecule has 0 aliphatic carbocycles. The number of piperazine rings is 1. The second-order valence-corrected chi connectivity index (χ2v) is 6.59. The lowest BCUT2D eigenvalue weighted by molar-refractivity contribution is 0.325. The van der Waals surface area contributed by atoms with Gasteiger partial charge in [0, 0.05) is 48.7 Å². The molecule has 1 saturated heterocycles. The van der Waals surface area contributed by atoms with Gasteiger partial charge in [-0.05, 0) is 62.4 Å². The molecule has 0 amide bonds. The first-order valence-electron chi connectivity index (χ1n) is 9.75. The molecule has 1 heterocycles. The number of nitrogens with zero attached hydrogens (tertiary/aromatic N) is 2. The standard InChI is InChI=1S/C22H28N4O2/c1-3-27-21(23)17-5-9-19(10-6-17)25-13-15-26(16-14-25)20-11-7-18(8-12-20)22(24)28-4-2/h5-12,23-24H,3-4,13-16H2,1-2H3. The lowest BCUT2D eigenvalue weighted by Crippen LogP contribution is -2.46. The second-order valence-electron chi connectivity index (χ2n) is 6.59. The summed E-state index contributed by atoms with van der Waals surface area (Å²) in [5.41, 5.74) is 3.96. The number of ether oxygens (including phenoxy) is 2. The van der Waals surface area contributed by atoms with Gasteiger partial charge in [-0.25, -0.2) is 0 Å². The van der Waals surface area contributed by atoms with Crippen LogP contribution in [0, 0.1) is 10.8 Å². The predicted molar refractivity (Wildman–Crippen MR) is 114 cm³/mol. The number of anilines is 2. The van der Waals surface area contributed by atoms with E-state index in [4.69, 9.17) is 20.3 Å². The van der Waals surface area contributed by atoms with Gasteiger partial charge in [-0.2, -0.15) is 0 Å². The van der Waals surface area contributed by atoms with E-state index in [1.165, 1.54) is 11.4 Å². The molecule has 1 fully saturated rings. The number of hydrogen-bond donors (Lipinski definition) is 2. The van der Waals surface area contributed by atoms with Crippen molar-refractivity contribution >= 4 is 23.2 Å². The van der Waals surface area contributed by atoms with Crippen LogP contribution in [0.1, 0.15) is 25.0 Å². The minimum absolute atomic E-state index is 0.222. The van der Waals surface area contributed by atoms with Crippen LogP contribution in [0.25, 0.3) is 0 Å². The highest BCUT2D eigenvalue weighted by Crippen LogP contribution is 2.22. The van der Waals surface area contributed by atoms with Crippen molar-refractivity contribution < 1.29 is 9.47 Å². The van der Waals surface area contributed by atoms with Gasteiger partial charge >= 0.3 is 0 Å². The van der Waals surface area contributed by atoms with Gasteiger partial charge in [0.15, 0.2) is 0 Å². The first-order valence-corrected chi connectivity index (χ1v) is 9.75. The monoisotopic (exact) mass is 380 g/mol. The Kier molecular flexibility index (Phi) is 6.53. The fraction of sp³-hybridized carbons (Fsp3) is 0.364. The summed E-state index contributed by atoms with van der Waals surface area (Å²) in [6, 6.07) is 16.0. The molecule has 1 aliphatic heterocycles. The van der Waals surface area contributed by atoms with Crippen molar-refractivity contribution in [3.63, 3.8) is 0 Å². The molecule has 1 aliphatic rings. The predicted octanol–water partition coefficient (Wildman–Crippen LogP) is 3.74. The van der Waals surface area contributed by atoms with E-state index in [-0.39, 0.29) is 11.8 Å². The summed E-state index contributed by atoms with van der Waals surface area (Å²) in [6.45, 7) is 8.57. The van der Waals surface area contributed by atoms with Crippen molar-refractivity contribution in [1.29, 1.82) is 10.8 Å². The van der Waals surface area contributed by atoms with E-state index in [1.807, 2.05) is 38.1 Å². The molecule has 2 N–H and O–H groups in total. The molecule has 3 rings (SSSR count). The van der Waals surface area contributed by atoms with Crippen LogP contribution >= 0.6 is 0 Å². The number of hydrogen-bond acceptors (Lipinski definition) is 6. The van der Waals surface area contributed by atoms with E-state index in [2.05, 4.69) is 34.1 Å². The van der Waals surface area contributed by atoms with Gasteiger partial charge < -0.3 is 19.3 Å². The van der Waals surface area contributed by atoms with E-state index < -0.39 is 0 Å². The Labute approximate surface area is 166 Å². The quantitative estimate of drug-likeness (QED) is 0.592. The minimum atomic E-state index is 0.222. The first kappa shape index (κ1) is 19.7. The second kappa shape index (κ2) is 9.26. The third kappa shape index (κ3) is 4.63. The van der Waals surface area contributed by atoms with E-state index in [0.29, 0.717) is 13.2 Å². The molecule has 0 unspecified atom stereocenters. The topological polar surface area (TPSA) is 72.6 Å². The van der Waals surface area contributed by atoms with Crippen molar-refractivity contribution in [3.8, 4) is 0 Å². The van der Waals surface area contributed by atoms with Crippen LogP contribution in [0.5, 0.6) is 0 Å². The molecule has 0 spiro atoms. The molecule has 0 aromatic heterocycles. The van der Waals surface area contributed by atoms with Crippen LogP contribution < -0.4 is 9.80 Å². The number of nitrogens with one attached hydrogen (secondary N) is 2. The molecule has 0 bridgehead atoms. The average molecular weight is 380 g/mol. The Balaban J connectivity index is 1.57. The summed E-state index contributed by atoms with van der Waals surface area (Å²) in [7, 11) is 0. The Morgan fingerprint density at radius 3 is 1.29 bits per heavy atom. The third-order valence-corrected chi connectivity index (χ3v) is 4.85. The molecule has 0 radical (unpaired) electrons. The van der Waals surface area contributed by atoms with E-state index >= 15 is 0 Å². The Bertz CT molecular complexity index is 725. The maximum atomic E-state index is 7.87. The molecule has 2 aromatic carbocycles.